The fourth-order valence-electron chi connectivity index (χ4n) is 1.53. The molecule has 0 aliphatic rings. The van der Waals surface area contributed by atoms with Crippen molar-refractivity contribution < 1.29 is 9.18 Å². The normalized spacial score (nSPS) is 10.0. The van der Waals surface area contributed by atoms with Crippen molar-refractivity contribution in [3.63, 3.8) is 0 Å². The summed E-state index contributed by atoms with van der Waals surface area (Å²) >= 11 is 0. The number of hydrogen-bond donors (Lipinski definition) is 2. The van der Waals surface area contributed by atoms with Crippen LogP contribution in [0.25, 0.3) is 0 Å². The number of halogens is 1. The van der Waals surface area contributed by atoms with E-state index in [2.05, 4.69) is 20.6 Å². The molecule has 5 nitrogen and oxygen atoms in total. The fourth-order valence-corrected chi connectivity index (χ4v) is 1.53. The van der Waals surface area contributed by atoms with Crippen LogP contribution >= 0.6 is 0 Å². The highest BCUT2D eigenvalue weighted by Crippen LogP contribution is 2.18. The Bertz CT molecular complexity index is 571. The fraction of sp³-hybridized carbons (Fsp3) is 0.154. The van der Waals surface area contributed by atoms with E-state index in [9.17, 15) is 9.18 Å². The summed E-state index contributed by atoms with van der Waals surface area (Å²) in [5.74, 6) is -0.0973. The van der Waals surface area contributed by atoms with Crippen LogP contribution in [0.3, 0.4) is 0 Å². The molecule has 0 atom stereocenters. The lowest BCUT2D eigenvalue weighted by Crippen LogP contribution is -2.03. The molecule has 2 rings (SSSR count). The molecule has 0 aliphatic carbocycles. The summed E-state index contributed by atoms with van der Waals surface area (Å²) in [6.07, 6.45) is 2.31. The third kappa shape index (κ3) is 3.25. The summed E-state index contributed by atoms with van der Waals surface area (Å²) in [5.41, 5.74) is 1.59. The van der Waals surface area contributed by atoms with Crippen LogP contribution in [-0.2, 0) is 11.2 Å². The third-order valence-electron chi connectivity index (χ3n) is 2.50. The topological polar surface area (TPSA) is 66.9 Å². The molecule has 1 aromatic heterocycles. The van der Waals surface area contributed by atoms with Gasteiger partial charge in [-0.1, -0.05) is 12.1 Å². The summed E-state index contributed by atoms with van der Waals surface area (Å²) in [6, 6.07) is 7.13. The van der Waals surface area contributed by atoms with Gasteiger partial charge in [0.1, 0.15) is 6.29 Å². The average Bonchev–Trinajstić information content (AvgIpc) is 2.44. The van der Waals surface area contributed by atoms with Gasteiger partial charge in [-0.15, -0.1) is 0 Å². The lowest BCUT2D eigenvalue weighted by atomic mass is 10.1. The average molecular weight is 260 g/mol. The minimum atomic E-state index is -0.532. The second-order valence-corrected chi connectivity index (χ2v) is 3.83. The van der Waals surface area contributed by atoms with Gasteiger partial charge >= 0.3 is 0 Å². The summed E-state index contributed by atoms with van der Waals surface area (Å²) in [6.45, 7) is 0. The van der Waals surface area contributed by atoms with E-state index in [1.807, 2.05) is 0 Å². The van der Waals surface area contributed by atoms with Crippen molar-refractivity contribution in [1.82, 2.24) is 9.97 Å². The lowest BCUT2D eigenvalue weighted by molar-refractivity contribution is -0.107. The highest BCUT2D eigenvalue weighted by Gasteiger charge is 2.06. The summed E-state index contributed by atoms with van der Waals surface area (Å²) in [5, 5.41) is 5.60. The van der Waals surface area contributed by atoms with E-state index >= 15 is 0 Å². The minimum absolute atomic E-state index is 0.0995. The van der Waals surface area contributed by atoms with Gasteiger partial charge in [0, 0.05) is 19.2 Å². The van der Waals surface area contributed by atoms with Crippen molar-refractivity contribution in [1.29, 1.82) is 0 Å². The van der Waals surface area contributed by atoms with E-state index in [-0.39, 0.29) is 5.82 Å². The SMILES string of the molecule is CNc1ncc(F)c(Nc2ccc(CC=O)cc2)n1. The Balaban J connectivity index is 2.18. The molecule has 0 bridgehead atoms. The third-order valence-corrected chi connectivity index (χ3v) is 2.50. The Morgan fingerprint density at radius 1 is 1.32 bits per heavy atom. The van der Waals surface area contributed by atoms with E-state index in [0.717, 1.165) is 18.0 Å². The van der Waals surface area contributed by atoms with E-state index in [4.69, 9.17) is 0 Å². The Hall–Kier alpha value is -2.50. The lowest BCUT2D eigenvalue weighted by Gasteiger charge is -2.08. The number of rotatable bonds is 5. The van der Waals surface area contributed by atoms with Crippen LogP contribution in [0, 0.1) is 5.82 Å². The Morgan fingerprint density at radius 2 is 2.05 bits per heavy atom. The molecule has 1 heterocycles. The molecule has 0 amide bonds. The molecule has 1 aromatic carbocycles. The number of nitrogens with one attached hydrogen (secondary N) is 2. The van der Waals surface area contributed by atoms with Gasteiger partial charge in [0.25, 0.3) is 0 Å². The van der Waals surface area contributed by atoms with Crippen molar-refractivity contribution in [3.05, 3.63) is 41.8 Å². The smallest absolute Gasteiger partial charge is 0.224 e. The highest BCUT2D eigenvalue weighted by atomic mass is 19.1. The molecule has 0 aliphatic heterocycles. The molecule has 2 aromatic rings. The van der Waals surface area contributed by atoms with Gasteiger partial charge in [-0.2, -0.15) is 4.98 Å². The number of carbonyl (C=O) groups excluding carboxylic acids is 1. The standard InChI is InChI=1S/C13H13FN4O/c1-15-13-16-8-11(14)12(18-13)17-10-4-2-9(3-5-10)6-7-19/h2-5,7-8H,6H2,1H3,(H2,15,16,17,18). The van der Waals surface area contributed by atoms with Gasteiger partial charge in [0.15, 0.2) is 11.6 Å². The Kier molecular flexibility index (Phi) is 4.02. The van der Waals surface area contributed by atoms with Crippen molar-refractivity contribution in [2.24, 2.45) is 0 Å². The molecule has 0 saturated heterocycles. The van der Waals surface area contributed by atoms with E-state index in [0.29, 0.717) is 18.1 Å². The quantitative estimate of drug-likeness (QED) is 0.806. The van der Waals surface area contributed by atoms with Crippen LogP contribution in [0.4, 0.5) is 21.8 Å². The predicted octanol–water partition coefficient (Wildman–Crippen LogP) is 2.14. The van der Waals surface area contributed by atoms with Crippen LogP contribution in [0.2, 0.25) is 0 Å². The zero-order valence-electron chi connectivity index (χ0n) is 10.4. The molecular weight excluding hydrogens is 247 g/mol. The Morgan fingerprint density at radius 3 is 2.68 bits per heavy atom. The minimum Gasteiger partial charge on any atom is -0.357 e. The van der Waals surface area contributed by atoms with Crippen molar-refractivity contribution in [2.75, 3.05) is 17.7 Å². The zero-order chi connectivity index (χ0) is 13.7. The molecule has 19 heavy (non-hydrogen) atoms. The molecule has 6 heteroatoms. The number of aromatic nitrogens is 2. The molecule has 0 radical (unpaired) electrons. The van der Waals surface area contributed by atoms with Crippen LogP contribution in [-0.4, -0.2) is 23.3 Å². The summed E-state index contributed by atoms with van der Waals surface area (Å²) in [4.78, 5) is 18.1. The van der Waals surface area contributed by atoms with Crippen molar-refractivity contribution >= 4 is 23.7 Å². The highest BCUT2D eigenvalue weighted by molar-refractivity contribution is 5.60. The van der Waals surface area contributed by atoms with E-state index in [1.165, 1.54) is 0 Å². The van der Waals surface area contributed by atoms with E-state index in [1.54, 1.807) is 31.3 Å². The number of aldehydes is 1. The van der Waals surface area contributed by atoms with E-state index < -0.39 is 5.82 Å². The number of carbonyl (C=O) groups is 1. The van der Waals surface area contributed by atoms with Gasteiger partial charge in [0.05, 0.1) is 6.20 Å². The van der Waals surface area contributed by atoms with Crippen LogP contribution in [0.15, 0.2) is 30.5 Å². The first-order chi connectivity index (χ1) is 9.22. The second-order valence-electron chi connectivity index (χ2n) is 3.83. The number of hydrogen-bond acceptors (Lipinski definition) is 5. The maximum Gasteiger partial charge on any atom is 0.224 e. The molecule has 98 valence electrons. The van der Waals surface area contributed by atoms with Crippen LogP contribution < -0.4 is 10.6 Å². The molecule has 0 spiro atoms. The van der Waals surface area contributed by atoms with Crippen molar-refractivity contribution in [3.8, 4) is 0 Å². The first kappa shape index (κ1) is 12.9. The number of anilines is 3. The summed E-state index contributed by atoms with van der Waals surface area (Å²) in [7, 11) is 1.66. The first-order valence-corrected chi connectivity index (χ1v) is 5.73. The van der Waals surface area contributed by atoms with Gasteiger partial charge in [-0.3, -0.25) is 0 Å². The Labute approximate surface area is 109 Å². The molecular formula is C13H13FN4O. The maximum absolute atomic E-state index is 13.5. The largest absolute Gasteiger partial charge is 0.357 e. The summed E-state index contributed by atoms with van der Waals surface area (Å²) < 4.78 is 13.5. The zero-order valence-corrected chi connectivity index (χ0v) is 10.4. The van der Waals surface area contributed by atoms with Crippen LogP contribution in [0.1, 0.15) is 5.56 Å². The first-order valence-electron chi connectivity index (χ1n) is 5.73. The van der Waals surface area contributed by atoms with Crippen LogP contribution in [0.5, 0.6) is 0 Å². The maximum atomic E-state index is 13.5. The number of benzene rings is 1. The number of nitrogens with zero attached hydrogens (tertiary/aromatic N) is 2. The second kappa shape index (κ2) is 5.90. The monoisotopic (exact) mass is 260 g/mol. The molecule has 2 N–H and O–H groups in total. The predicted molar refractivity (Wildman–Crippen MR) is 71.0 cm³/mol. The van der Waals surface area contributed by atoms with Gasteiger partial charge < -0.3 is 15.4 Å². The van der Waals surface area contributed by atoms with Gasteiger partial charge in [-0.25, -0.2) is 9.37 Å². The van der Waals surface area contributed by atoms with Gasteiger partial charge in [-0.05, 0) is 17.7 Å². The molecule has 0 saturated carbocycles. The molecule has 0 unspecified atom stereocenters. The molecule has 0 fully saturated rings. The van der Waals surface area contributed by atoms with Crippen molar-refractivity contribution in [2.45, 2.75) is 6.42 Å². The van der Waals surface area contributed by atoms with Gasteiger partial charge in [0.2, 0.25) is 5.95 Å².